The molecular weight excluding hydrogens is 396 g/mol. The molecule has 2 aromatic rings. The quantitative estimate of drug-likeness (QED) is 0.477. The molecule has 0 amide bonds. The monoisotopic (exact) mass is 418 g/mol. The summed E-state index contributed by atoms with van der Waals surface area (Å²) in [4.78, 5) is 25.1. The van der Waals surface area contributed by atoms with E-state index in [1.807, 2.05) is 6.07 Å². The standard InChI is InChI=1S/C21H22O9/c22-10-15-16(23)17(24)18(25)21(29-15)30-20(27)14-9-5-4-8-13(14)19(26)28-11-12-6-2-1-3-7-12/h1-9,15-18,21-25H,10-11H2/t15-,16-,17+,18-,21?/m1/s1. The lowest BCUT2D eigenvalue weighted by atomic mass is 9.99. The lowest BCUT2D eigenvalue weighted by Gasteiger charge is -2.39. The van der Waals surface area contributed by atoms with Crippen LogP contribution in [-0.4, -0.2) is 69.7 Å². The third-order valence-electron chi connectivity index (χ3n) is 4.65. The molecule has 1 saturated heterocycles. The average Bonchev–Trinajstić information content (AvgIpc) is 2.78. The van der Waals surface area contributed by atoms with E-state index in [9.17, 15) is 30.0 Å². The van der Waals surface area contributed by atoms with Crippen LogP contribution in [0.4, 0.5) is 0 Å². The molecule has 1 heterocycles. The highest BCUT2D eigenvalue weighted by molar-refractivity contribution is 6.03. The van der Waals surface area contributed by atoms with Gasteiger partial charge in [-0.3, -0.25) is 0 Å². The van der Waals surface area contributed by atoms with Crippen molar-refractivity contribution in [2.24, 2.45) is 0 Å². The van der Waals surface area contributed by atoms with Gasteiger partial charge in [0.25, 0.3) is 0 Å². The molecule has 9 heteroatoms. The molecule has 160 valence electrons. The first-order chi connectivity index (χ1) is 14.4. The first-order valence-electron chi connectivity index (χ1n) is 9.24. The summed E-state index contributed by atoms with van der Waals surface area (Å²) in [5, 5.41) is 38.9. The highest BCUT2D eigenvalue weighted by Gasteiger charge is 2.45. The molecule has 2 aromatic carbocycles. The first-order valence-corrected chi connectivity index (χ1v) is 9.24. The molecule has 0 spiro atoms. The number of benzene rings is 2. The number of esters is 2. The molecule has 4 N–H and O–H groups in total. The minimum Gasteiger partial charge on any atom is -0.457 e. The van der Waals surface area contributed by atoms with Crippen molar-refractivity contribution in [2.75, 3.05) is 6.61 Å². The van der Waals surface area contributed by atoms with Crippen molar-refractivity contribution in [3.05, 3.63) is 71.3 Å². The molecule has 0 aromatic heterocycles. The summed E-state index contributed by atoms with van der Waals surface area (Å²) in [6.07, 6.45) is -7.90. The second-order valence-electron chi connectivity index (χ2n) is 6.71. The van der Waals surface area contributed by atoms with Crippen molar-refractivity contribution in [1.29, 1.82) is 0 Å². The fourth-order valence-electron chi connectivity index (χ4n) is 2.97. The predicted octanol–water partition coefficient (Wildman–Crippen LogP) is 0.000300. The first kappa shape index (κ1) is 21.9. The van der Waals surface area contributed by atoms with Crippen molar-refractivity contribution < 1.29 is 44.2 Å². The van der Waals surface area contributed by atoms with E-state index >= 15 is 0 Å². The maximum absolute atomic E-state index is 12.6. The molecule has 1 unspecified atom stereocenters. The second kappa shape index (κ2) is 9.79. The molecule has 30 heavy (non-hydrogen) atoms. The van der Waals surface area contributed by atoms with Gasteiger partial charge in [-0.15, -0.1) is 0 Å². The number of aliphatic hydroxyl groups is 4. The summed E-state index contributed by atoms with van der Waals surface area (Å²) >= 11 is 0. The van der Waals surface area contributed by atoms with Gasteiger partial charge in [0.2, 0.25) is 6.29 Å². The molecular formula is C21H22O9. The Morgan fingerprint density at radius 3 is 2.07 bits per heavy atom. The van der Waals surface area contributed by atoms with Crippen LogP contribution >= 0.6 is 0 Å². The summed E-state index contributed by atoms with van der Waals surface area (Å²) in [7, 11) is 0. The third kappa shape index (κ3) is 4.84. The fourth-order valence-corrected chi connectivity index (χ4v) is 2.97. The second-order valence-corrected chi connectivity index (χ2v) is 6.71. The zero-order valence-corrected chi connectivity index (χ0v) is 15.8. The van der Waals surface area contributed by atoms with Crippen LogP contribution in [0.1, 0.15) is 26.3 Å². The van der Waals surface area contributed by atoms with Crippen molar-refractivity contribution >= 4 is 11.9 Å². The zero-order chi connectivity index (χ0) is 21.7. The molecule has 9 nitrogen and oxygen atoms in total. The van der Waals surface area contributed by atoms with E-state index in [1.165, 1.54) is 18.2 Å². The topological polar surface area (TPSA) is 143 Å². The number of rotatable bonds is 6. The number of hydrogen-bond donors (Lipinski definition) is 4. The smallest absolute Gasteiger partial charge is 0.341 e. The van der Waals surface area contributed by atoms with Gasteiger partial charge < -0.3 is 34.6 Å². The maximum atomic E-state index is 12.6. The lowest BCUT2D eigenvalue weighted by molar-refractivity contribution is -0.285. The molecule has 0 bridgehead atoms. The van der Waals surface area contributed by atoms with Gasteiger partial charge >= 0.3 is 11.9 Å². The van der Waals surface area contributed by atoms with E-state index in [4.69, 9.17) is 14.2 Å². The fraction of sp³-hybridized carbons (Fsp3) is 0.333. The van der Waals surface area contributed by atoms with Gasteiger partial charge in [-0.25, -0.2) is 9.59 Å². The highest BCUT2D eigenvalue weighted by Crippen LogP contribution is 2.23. The number of aliphatic hydroxyl groups excluding tert-OH is 4. The maximum Gasteiger partial charge on any atom is 0.341 e. The van der Waals surface area contributed by atoms with Gasteiger partial charge in [-0.05, 0) is 17.7 Å². The summed E-state index contributed by atoms with van der Waals surface area (Å²) in [5.74, 6) is -1.76. The number of hydrogen-bond acceptors (Lipinski definition) is 9. The normalized spacial score (nSPS) is 26.1. The van der Waals surface area contributed by atoms with Crippen LogP contribution in [0.3, 0.4) is 0 Å². The van der Waals surface area contributed by atoms with Gasteiger partial charge in [0, 0.05) is 0 Å². The molecule has 1 aliphatic rings. The average molecular weight is 418 g/mol. The predicted molar refractivity (Wildman–Crippen MR) is 101 cm³/mol. The largest absolute Gasteiger partial charge is 0.457 e. The Hall–Kier alpha value is -2.82. The van der Waals surface area contributed by atoms with Gasteiger partial charge in [0.05, 0.1) is 17.7 Å². The third-order valence-corrected chi connectivity index (χ3v) is 4.65. The Kier molecular flexibility index (Phi) is 7.14. The van der Waals surface area contributed by atoms with Gasteiger partial charge in [-0.1, -0.05) is 42.5 Å². The minimum atomic E-state index is -1.75. The summed E-state index contributed by atoms with van der Waals surface area (Å²) in [5.41, 5.74) is 0.586. The lowest BCUT2D eigenvalue weighted by Crippen LogP contribution is -2.59. The van der Waals surface area contributed by atoms with Crippen LogP contribution in [0.2, 0.25) is 0 Å². The molecule has 5 atom stereocenters. The van der Waals surface area contributed by atoms with Gasteiger partial charge in [0.15, 0.2) is 0 Å². The van der Waals surface area contributed by atoms with Crippen LogP contribution < -0.4 is 0 Å². The summed E-state index contributed by atoms with van der Waals surface area (Å²) < 4.78 is 15.5. The SMILES string of the molecule is O=C(OCc1ccccc1)c1ccccc1C(=O)OC1O[C@H](CO)[C@@H](O)[C@H](O)[C@H]1O. The van der Waals surface area contributed by atoms with Crippen LogP contribution in [-0.2, 0) is 20.8 Å². The summed E-state index contributed by atoms with van der Waals surface area (Å²) in [6.45, 7) is -0.656. The Morgan fingerprint density at radius 1 is 0.833 bits per heavy atom. The zero-order valence-electron chi connectivity index (χ0n) is 15.8. The molecule has 1 aliphatic heterocycles. The van der Waals surface area contributed by atoms with Crippen LogP contribution in [0.25, 0.3) is 0 Å². The number of carbonyl (C=O) groups excluding carboxylic acids is 2. The molecule has 0 radical (unpaired) electrons. The van der Waals surface area contributed by atoms with E-state index in [-0.39, 0.29) is 17.7 Å². The Bertz CT molecular complexity index is 868. The van der Waals surface area contributed by atoms with Crippen LogP contribution in [0.5, 0.6) is 0 Å². The Morgan fingerprint density at radius 2 is 1.43 bits per heavy atom. The van der Waals surface area contributed by atoms with E-state index in [0.29, 0.717) is 0 Å². The van der Waals surface area contributed by atoms with E-state index in [0.717, 1.165) is 5.56 Å². The van der Waals surface area contributed by atoms with Crippen LogP contribution in [0, 0.1) is 0 Å². The highest BCUT2D eigenvalue weighted by atomic mass is 16.7. The minimum absolute atomic E-state index is 0.00969. The van der Waals surface area contributed by atoms with Gasteiger partial charge in [-0.2, -0.15) is 0 Å². The number of carbonyl (C=O) groups is 2. The van der Waals surface area contributed by atoms with Gasteiger partial charge in [0.1, 0.15) is 31.0 Å². The summed E-state index contributed by atoms with van der Waals surface area (Å²) in [6, 6.07) is 14.8. The number of ether oxygens (including phenoxy) is 3. The van der Waals surface area contributed by atoms with Crippen molar-refractivity contribution in [2.45, 2.75) is 37.3 Å². The Balaban J connectivity index is 1.71. The van der Waals surface area contributed by atoms with E-state index in [1.54, 1.807) is 30.3 Å². The van der Waals surface area contributed by atoms with Crippen LogP contribution in [0.15, 0.2) is 54.6 Å². The Labute approximate surface area is 172 Å². The van der Waals surface area contributed by atoms with Crippen molar-refractivity contribution in [3.8, 4) is 0 Å². The molecule has 0 aliphatic carbocycles. The van der Waals surface area contributed by atoms with E-state index < -0.39 is 49.3 Å². The molecule has 1 fully saturated rings. The van der Waals surface area contributed by atoms with Crippen molar-refractivity contribution in [1.82, 2.24) is 0 Å². The van der Waals surface area contributed by atoms with E-state index in [2.05, 4.69) is 0 Å². The molecule has 0 saturated carbocycles. The van der Waals surface area contributed by atoms with Crippen molar-refractivity contribution in [3.63, 3.8) is 0 Å². The molecule has 3 rings (SSSR count).